The second-order valence-corrected chi connectivity index (χ2v) is 15.8. The van der Waals surface area contributed by atoms with Crippen molar-refractivity contribution in [2.75, 3.05) is 6.16 Å². The van der Waals surface area contributed by atoms with E-state index in [0.717, 1.165) is 6.16 Å². The van der Waals surface area contributed by atoms with Crippen molar-refractivity contribution >= 4 is 85.0 Å². The van der Waals surface area contributed by atoms with Crippen LogP contribution >= 0.6 is 75.4 Å². The van der Waals surface area contributed by atoms with Gasteiger partial charge in [-0.15, -0.1) is 23.2 Å². The van der Waals surface area contributed by atoms with Gasteiger partial charge in [0, 0.05) is 9.78 Å². The van der Waals surface area contributed by atoms with E-state index in [2.05, 4.69) is 46.9 Å². The van der Waals surface area contributed by atoms with E-state index in [1.54, 1.807) is 0 Å². The van der Waals surface area contributed by atoms with Crippen molar-refractivity contribution in [2.24, 2.45) is 0 Å². The molecule has 0 aliphatic carbocycles. The fourth-order valence-electron chi connectivity index (χ4n) is 0.311. The fourth-order valence-corrected chi connectivity index (χ4v) is 11.0. The fraction of sp³-hybridized carbons (Fsp3) is 1.00. The lowest BCUT2D eigenvalue weighted by Gasteiger charge is -2.08. The monoisotopic (exact) mass is 406 g/mol. The lowest BCUT2D eigenvalue weighted by atomic mass is 10.9. The summed E-state index contributed by atoms with van der Waals surface area (Å²) in [6, 6.07) is 0. The zero-order valence-corrected chi connectivity index (χ0v) is 12.9. The third kappa shape index (κ3) is 8.76. The molecule has 0 aromatic carbocycles. The molecule has 7 heteroatoms. The second kappa shape index (κ2) is 7.11. The summed E-state index contributed by atoms with van der Waals surface area (Å²) in [6.07, 6.45) is 1.05. The molecule has 1 unspecified atom stereocenters. The maximum atomic E-state index is 5.58. The molecule has 0 amide bonds. The molecule has 60 valence electrons. The van der Waals surface area contributed by atoms with Crippen molar-refractivity contribution in [3.05, 3.63) is 0 Å². The molecular formula is C3H4Br3Cl2PSi. The molecule has 0 aromatic rings. The number of halogens is 5. The molecule has 0 aromatic heterocycles. The molecule has 0 aliphatic rings. The molecule has 0 nitrogen and oxygen atoms in total. The van der Waals surface area contributed by atoms with Crippen LogP contribution in [0.1, 0.15) is 0 Å². The Bertz CT molecular complexity index is 83.8. The number of hydrogen-bond acceptors (Lipinski definition) is 0. The normalized spacial score (nSPS) is 14.7. The van der Waals surface area contributed by atoms with Gasteiger partial charge in [-0.25, -0.2) is 0 Å². The Balaban J connectivity index is 3.34. The lowest BCUT2D eigenvalue weighted by Crippen LogP contribution is -2.17. The van der Waals surface area contributed by atoms with E-state index in [4.69, 9.17) is 23.2 Å². The Morgan fingerprint density at radius 2 is 1.90 bits per heavy atom. The minimum Gasteiger partial charge on any atom is -0.110 e. The van der Waals surface area contributed by atoms with Gasteiger partial charge < -0.3 is 0 Å². The molecule has 0 spiro atoms. The molecule has 0 fully saturated rings. The predicted octanol–water partition coefficient (Wildman–Crippen LogP) is 4.27. The van der Waals surface area contributed by atoms with Gasteiger partial charge in [-0.3, -0.25) is 0 Å². The summed E-state index contributed by atoms with van der Waals surface area (Å²) in [5.74, 6) is 0. The van der Waals surface area contributed by atoms with Gasteiger partial charge in [-0.2, -0.15) is 0 Å². The maximum absolute atomic E-state index is 5.58. The first kappa shape index (κ1) is 12.7. The summed E-state index contributed by atoms with van der Waals surface area (Å²) in [6.45, 7) is 0. The quantitative estimate of drug-likeness (QED) is 0.369. The largest absolute Gasteiger partial charge is 0.110 e. The van der Waals surface area contributed by atoms with E-state index < -0.39 is 0 Å². The smallest absolute Gasteiger partial charge is 0.101 e. The highest BCUT2D eigenvalue weighted by molar-refractivity contribution is 9.69. The Labute approximate surface area is 99.0 Å². The van der Waals surface area contributed by atoms with Crippen LogP contribution in [-0.4, -0.2) is 24.6 Å². The van der Waals surface area contributed by atoms with Crippen LogP contribution in [0, 0.1) is 0 Å². The Kier molecular flexibility index (Phi) is 9.00. The molecule has 0 saturated carbocycles. The van der Waals surface area contributed by atoms with Crippen LogP contribution in [0.15, 0.2) is 0 Å². The van der Waals surface area contributed by atoms with Gasteiger partial charge in [0.15, 0.2) is 0 Å². The number of alkyl halides is 3. The summed E-state index contributed by atoms with van der Waals surface area (Å²) < 4.78 is 0.191. The van der Waals surface area contributed by atoms with E-state index in [-0.39, 0.29) is 9.79 Å². The van der Waals surface area contributed by atoms with Crippen LogP contribution in [-0.2, 0) is 0 Å². The highest BCUT2D eigenvalue weighted by atomic mass is 79.9. The predicted molar refractivity (Wildman–Crippen MR) is 63.6 cm³/mol. The van der Waals surface area contributed by atoms with Crippen molar-refractivity contribution < 1.29 is 0 Å². The standard InChI is InChI=1S/C3H4Br3Cl2PSi/c4-2(1-9(5)6)10-3(7)8/h2-3H,1H2. The third-order valence-electron chi connectivity index (χ3n) is 0.605. The van der Waals surface area contributed by atoms with Crippen molar-refractivity contribution in [3.63, 3.8) is 0 Å². The zero-order chi connectivity index (χ0) is 8.15. The summed E-state index contributed by atoms with van der Waals surface area (Å²) in [4.78, 5) is 0. The van der Waals surface area contributed by atoms with E-state index in [9.17, 15) is 0 Å². The first-order valence-electron chi connectivity index (χ1n) is 2.29. The van der Waals surface area contributed by atoms with Gasteiger partial charge >= 0.3 is 0 Å². The summed E-state index contributed by atoms with van der Waals surface area (Å²) >= 11 is 21.5. The van der Waals surface area contributed by atoms with E-state index >= 15 is 0 Å². The molecule has 0 N–H and O–H groups in total. The number of hydrogen-bond donors (Lipinski definition) is 0. The van der Waals surface area contributed by atoms with Crippen LogP contribution in [0.4, 0.5) is 0 Å². The first-order valence-corrected chi connectivity index (χ1v) is 10.8. The average Bonchev–Trinajstić information content (AvgIpc) is 1.58. The van der Waals surface area contributed by atoms with Crippen LogP contribution in [0.25, 0.3) is 0 Å². The van der Waals surface area contributed by atoms with Crippen molar-refractivity contribution in [1.82, 2.24) is 0 Å². The molecule has 0 saturated heterocycles. The third-order valence-corrected chi connectivity index (χ3v) is 6.52. The molecule has 10 heavy (non-hydrogen) atoms. The summed E-state index contributed by atoms with van der Waals surface area (Å²) in [7, 11) is 0.559. The van der Waals surface area contributed by atoms with Gasteiger partial charge in [-0.1, -0.05) is 15.9 Å². The van der Waals surface area contributed by atoms with Crippen molar-refractivity contribution in [2.45, 2.75) is 8.91 Å². The van der Waals surface area contributed by atoms with E-state index in [0.29, 0.717) is 14.0 Å². The minimum absolute atomic E-state index is 0.203. The van der Waals surface area contributed by atoms with Gasteiger partial charge in [0.2, 0.25) is 0 Å². The van der Waals surface area contributed by atoms with E-state index in [1.807, 2.05) is 0 Å². The lowest BCUT2D eigenvalue weighted by molar-refractivity contribution is 1.41. The minimum atomic E-state index is -0.237. The highest BCUT2D eigenvalue weighted by Crippen LogP contribution is 2.53. The summed E-state index contributed by atoms with van der Waals surface area (Å²) in [5.41, 5.74) is 0. The van der Waals surface area contributed by atoms with Crippen molar-refractivity contribution in [1.29, 1.82) is 0 Å². The van der Waals surface area contributed by atoms with Gasteiger partial charge in [-0.05, 0) is 37.1 Å². The van der Waals surface area contributed by atoms with E-state index in [1.165, 1.54) is 0 Å². The van der Waals surface area contributed by atoms with Crippen LogP contribution in [0.2, 0.25) is 0 Å². The van der Waals surface area contributed by atoms with Crippen molar-refractivity contribution in [3.8, 4) is 0 Å². The maximum Gasteiger partial charge on any atom is 0.101 e. The molecule has 0 rings (SSSR count). The van der Waals surface area contributed by atoms with Crippen LogP contribution in [0.5, 0.6) is 0 Å². The zero-order valence-electron chi connectivity index (χ0n) is 4.70. The second-order valence-electron chi connectivity index (χ2n) is 1.42. The molecule has 0 heterocycles. The van der Waals surface area contributed by atoms with Gasteiger partial charge in [0.05, 0.1) is 4.46 Å². The average molecular weight is 410 g/mol. The molecule has 0 aliphatic heterocycles. The molecule has 1 atom stereocenters. The highest BCUT2D eigenvalue weighted by Gasteiger charge is 2.13. The topological polar surface area (TPSA) is 0 Å². The Morgan fingerprint density at radius 3 is 2.20 bits per heavy atom. The van der Waals surface area contributed by atoms with Crippen LogP contribution < -0.4 is 0 Å². The van der Waals surface area contributed by atoms with Gasteiger partial charge in [0.25, 0.3) is 0 Å². The SMILES string of the molecule is ClC(Cl)[Si]C(Br)CP(Br)Br. The molecule has 2 radical (unpaired) electrons. The Hall–Kier alpha value is 2.67. The van der Waals surface area contributed by atoms with Crippen LogP contribution in [0.3, 0.4) is 0 Å². The molecular weight excluding hydrogens is 406 g/mol. The first-order chi connectivity index (χ1) is 4.52. The summed E-state index contributed by atoms with van der Waals surface area (Å²) in [5, 5.41) is -0.203. The van der Waals surface area contributed by atoms with Gasteiger partial charge in [0.1, 0.15) is 9.52 Å². The molecule has 0 bridgehead atoms. The number of rotatable bonds is 4. The Morgan fingerprint density at radius 1 is 1.40 bits per heavy atom.